The number of aromatic amines is 1. The molecule has 5 rings (SSSR count). The van der Waals surface area contributed by atoms with Gasteiger partial charge in [0.15, 0.2) is 17.3 Å². The fourth-order valence-corrected chi connectivity index (χ4v) is 4.45. The van der Waals surface area contributed by atoms with Gasteiger partial charge in [0.2, 0.25) is 5.91 Å². The van der Waals surface area contributed by atoms with Crippen LogP contribution < -0.4 is 14.8 Å². The summed E-state index contributed by atoms with van der Waals surface area (Å²) in [4.78, 5) is 18.5. The lowest BCUT2D eigenvalue weighted by Crippen LogP contribution is -2.17. The van der Waals surface area contributed by atoms with E-state index in [0.29, 0.717) is 30.5 Å². The maximum Gasteiger partial charge on any atom is 0.230 e. The van der Waals surface area contributed by atoms with Crippen LogP contribution in [0.1, 0.15) is 15.4 Å². The first-order valence-corrected chi connectivity index (χ1v) is 10.5. The Morgan fingerprint density at radius 1 is 1.13 bits per heavy atom. The quantitative estimate of drug-likeness (QED) is 0.515. The number of benzene rings is 2. The summed E-state index contributed by atoms with van der Waals surface area (Å²) >= 11 is 1.67. The van der Waals surface area contributed by atoms with Gasteiger partial charge in [0.05, 0.1) is 22.6 Å². The molecule has 8 heteroatoms. The monoisotopic (exact) mass is 420 g/mol. The van der Waals surface area contributed by atoms with Crippen molar-refractivity contribution < 1.29 is 14.3 Å². The second kappa shape index (κ2) is 7.46. The van der Waals surface area contributed by atoms with E-state index in [1.807, 2.05) is 43.3 Å². The molecule has 7 nitrogen and oxygen atoms in total. The Bertz CT molecular complexity index is 1260. The molecule has 3 heterocycles. The van der Waals surface area contributed by atoms with E-state index in [4.69, 9.17) is 9.47 Å². The molecule has 0 unspecified atom stereocenters. The molecule has 2 aromatic heterocycles. The van der Waals surface area contributed by atoms with Gasteiger partial charge in [0, 0.05) is 15.8 Å². The molecule has 1 aliphatic rings. The Balaban J connectivity index is 1.38. The van der Waals surface area contributed by atoms with Crippen LogP contribution in [0.3, 0.4) is 0 Å². The van der Waals surface area contributed by atoms with E-state index in [-0.39, 0.29) is 12.3 Å². The molecule has 30 heavy (non-hydrogen) atoms. The zero-order valence-electron chi connectivity index (χ0n) is 16.6. The summed E-state index contributed by atoms with van der Waals surface area (Å²) in [6.07, 6.45) is 0.217. The third kappa shape index (κ3) is 3.50. The van der Waals surface area contributed by atoms with Crippen molar-refractivity contribution in [1.29, 1.82) is 0 Å². The molecule has 0 spiro atoms. The molecule has 1 aliphatic heterocycles. The maximum absolute atomic E-state index is 12.7. The van der Waals surface area contributed by atoms with Gasteiger partial charge in [-0.1, -0.05) is 12.1 Å². The van der Waals surface area contributed by atoms with E-state index in [9.17, 15) is 4.79 Å². The average Bonchev–Trinajstić information content (AvgIpc) is 3.29. The minimum absolute atomic E-state index is 0.147. The fraction of sp³-hybridized carbons (Fsp3) is 0.227. The van der Waals surface area contributed by atoms with Crippen LogP contribution in [0.5, 0.6) is 11.5 Å². The number of ether oxygens (including phenoxy) is 2. The highest BCUT2D eigenvalue weighted by molar-refractivity contribution is 7.11. The Labute approximate surface area is 177 Å². The molecule has 0 atom stereocenters. The standard InChI is InChI=1S/C22H20N4O3S/c1-12-21(23-13(2)30-12)15-4-5-17-16(11-15)22(26-25-17)24-20(27)10-14-3-6-18-19(9-14)29-8-7-28-18/h3-6,9,11H,7-8,10H2,1-2H3,(H2,24,25,26,27). The number of aromatic nitrogens is 3. The molecular formula is C22H20N4O3S. The predicted octanol–water partition coefficient (Wildman–Crippen LogP) is 4.26. The number of carbonyl (C=O) groups is 1. The van der Waals surface area contributed by atoms with E-state index in [1.54, 1.807) is 11.3 Å². The van der Waals surface area contributed by atoms with Crippen molar-refractivity contribution in [2.75, 3.05) is 18.5 Å². The molecule has 2 N–H and O–H groups in total. The Hall–Kier alpha value is -3.39. The van der Waals surface area contributed by atoms with E-state index in [2.05, 4.69) is 27.4 Å². The number of aryl methyl sites for hydroxylation is 2. The highest BCUT2D eigenvalue weighted by Gasteiger charge is 2.16. The number of nitrogens with one attached hydrogen (secondary N) is 2. The largest absolute Gasteiger partial charge is 0.486 e. The first kappa shape index (κ1) is 18.6. The summed E-state index contributed by atoms with van der Waals surface area (Å²) in [5.74, 6) is 1.75. The summed E-state index contributed by atoms with van der Waals surface area (Å²) in [6, 6.07) is 11.6. The molecule has 1 amide bonds. The molecule has 0 radical (unpaired) electrons. The highest BCUT2D eigenvalue weighted by atomic mass is 32.1. The van der Waals surface area contributed by atoms with Crippen LogP contribution in [-0.2, 0) is 11.2 Å². The predicted molar refractivity (Wildman–Crippen MR) is 116 cm³/mol. The zero-order valence-corrected chi connectivity index (χ0v) is 17.4. The van der Waals surface area contributed by atoms with Gasteiger partial charge < -0.3 is 14.8 Å². The van der Waals surface area contributed by atoms with E-state index in [1.165, 1.54) is 4.88 Å². The normalized spacial score (nSPS) is 12.9. The lowest BCUT2D eigenvalue weighted by atomic mass is 10.1. The first-order valence-electron chi connectivity index (χ1n) is 9.68. The van der Waals surface area contributed by atoms with Gasteiger partial charge in [-0.2, -0.15) is 5.10 Å². The van der Waals surface area contributed by atoms with Crippen molar-refractivity contribution in [2.24, 2.45) is 0 Å². The van der Waals surface area contributed by atoms with E-state index < -0.39 is 0 Å². The van der Waals surface area contributed by atoms with Gasteiger partial charge in [-0.3, -0.25) is 9.89 Å². The minimum atomic E-state index is -0.147. The SMILES string of the molecule is Cc1nc(-c2ccc3[nH]nc(NC(=O)Cc4ccc5c(c4)OCCO5)c3c2)c(C)s1. The molecule has 0 saturated heterocycles. The summed E-state index contributed by atoms with van der Waals surface area (Å²) < 4.78 is 11.1. The van der Waals surface area contributed by atoms with Crippen molar-refractivity contribution in [1.82, 2.24) is 15.2 Å². The van der Waals surface area contributed by atoms with Crippen LogP contribution in [0.4, 0.5) is 5.82 Å². The average molecular weight is 420 g/mol. The summed E-state index contributed by atoms with van der Waals surface area (Å²) in [5.41, 5.74) is 3.69. The van der Waals surface area contributed by atoms with E-state index >= 15 is 0 Å². The molecule has 0 saturated carbocycles. The lowest BCUT2D eigenvalue weighted by Gasteiger charge is -2.18. The third-order valence-corrected chi connectivity index (χ3v) is 5.86. The lowest BCUT2D eigenvalue weighted by molar-refractivity contribution is -0.115. The number of fused-ring (bicyclic) bond motifs is 2. The number of anilines is 1. The number of thiazole rings is 1. The van der Waals surface area contributed by atoms with Crippen LogP contribution in [0, 0.1) is 13.8 Å². The smallest absolute Gasteiger partial charge is 0.230 e. The van der Waals surface area contributed by atoms with Gasteiger partial charge in [0.25, 0.3) is 0 Å². The summed E-state index contributed by atoms with van der Waals surface area (Å²) in [6.45, 7) is 5.12. The van der Waals surface area contributed by atoms with Crippen LogP contribution in [0.25, 0.3) is 22.2 Å². The summed E-state index contributed by atoms with van der Waals surface area (Å²) in [7, 11) is 0. The van der Waals surface area contributed by atoms with Gasteiger partial charge in [-0.15, -0.1) is 11.3 Å². The van der Waals surface area contributed by atoms with Crippen molar-refractivity contribution >= 4 is 34.0 Å². The number of hydrogen-bond donors (Lipinski definition) is 2. The van der Waals surface area contributed by atoms with Crippen LogP contribution in [0.15, 0.2) is 36.4 Å². The molecule has 0 bridgehead atoms. The maximum atomic E-state index is 12.7. The summed E-state index contributed by atoms with van der Waals surface area (Å²) in [5, 5.41) is 12.1. The van der Waals surface area contributed by atoms with Crippen LogP contribution in [-0.4, -0.2) is 34.3 Å². The highest BCUT2D eigenvalue weighted by Crippen LogP contribution is 2.32. The Kier molecular flexibility index (Phi) is 4.63. The second-order valence-corrected chi connectivity index (χ2v) is 8.58. The molecule has 152 valence electrons. The molecular weight excluding hydrogens is 400 g/mol. The Morgan fingerprint density at radius 2 is 1.97 bits per heavy atom. The van der Waals surface area contributed by atoms with Gasteiger partial charge in [0.1, 0.15) is 13.2 Å². The van der Waals surface area contributed by atoms with Gasteiger partial charge in [-0.25, -0.2) is 4.98 Å². The fourth-order valence-electron chi connectivity index (χ4n) is 3.61. The van der Waals surface area contributed by atoms with Crippen molar-refractivity contribution in [3.05, 3.63) is 51.8 Å². The molecule has 2 aromatic carbocycles. The number of nitrogens with zero attached hydrogens (tertiary/aromatic N) is 2. The molecule has 4 aromatic rings. The zero-order chi connectivity index (χ0) is 20.7. The van der Waals surface area contributed by atoms with Gasteiger partial charge >= 0.3 is 0 Å². The topological polar surface area (TPSA) is 89.1 Å². The van der Waals surface area contributed by atoms with Crippen molar-refractivity contribution in [2.45, 2.75) is 20.3 Å². The van der Waals surface area contributed by atoms with Crippen LogP contribution >= 0.6 is 11.3 Å². The van der Waals surface area contributed by atoms with Crippen molar-refractivity contribution in [3.8, 4) is 22.8 Å². The Morgan fingerprint density at radius 3 is 2.77 bits per heavy atom. The number of carbonyl (C=O) groups excluding carboxylic acids is 1. The van der Waals surface area contributed by atoms with E-state index in [0.717, 1.165) is 32.7 Å². The number of amides is 1. The number of rotatable bonds is 4. The second-order valence-electron chi connectivity index (χ2n) is 7.17. The third-order valence-electron chi connectivity index (χ3n) is 4.97. The van der Waals surface area contributed by atoms with Crippen LogP contribution in [0.2, 0.25) is 0 Å². The van der Waals surface area contributed by atoms with Crippen molar-refractivity contribution in [3.63, 3.8) is 0 Å². The number of hydrogen-bond acceptors (Lipinski definition) is 6. The first-order chi connectivity index (χ1) is 14.6. The molecule has 0 aliphatic carbocycles. The molecule has 0 fully saturated rings. The number of H-pyrrole nitrogens is 1. The van der Waals surface area contributed by atoms with Gasteiger partial charge in [-0.05, 0) is 43.7 Å². The minimum Gasteiger partial charge on any atom is -0.486 e.